The van der Waals surface area contributed by atoms with Crippen LogP contribution >= 0.6 is 24.0 Å². The minimum absolute atomic E-state index is 0. The van der Waals surface area contributed by atoms with Gasteiger partial charge in [0.1, 0.15) is 17.6 Å². The third-order valence-corrected chi connectivity index (χ3v) is 4.34. The number of nitrogens with one attached hydrogen (secondary N) is 1. The van der Waals surface area contributed by atoms with Crippen molar-refractivity contribution >= 4 is 29.9 Å². The molecule has 0 radical (unpaired) electrons. The summed E-state index contributed by atoms with van der Waals surface area (Å²) in [6.45, 7) is 9.74. The Morgan fingerprint density at radius 1 is 1.42 bits per heavy atom. The molecule has 8 heteroatoms. The fourth-order valence-electron chi connectivity index (χ4n) is 3.08. The van der Waals surface area contributed by atoms with Crippen LogP contribution < -0.4 is 5.32 Å². The SMILES string of the molecule is CCNC(=NCc1cc(C)oc1C)N1CCOC(c2cnn(C)c2)C1.I. The second-order valence-corrected chi connectivity index (χ2v) is 6.36. The van der Waals surface area contributed by atoms with E-state index in [0.717, 1.165) is 48.2 Å². The molecule has 0 bridgehead atoms. The summed E-state index contributed by atoms with van der Waals surface area (Å²) < 4.78 is 13.3. The van der Waals surface area contributed by atoms with Gasteiger partial charge in [0, 0.05) is 37.5 Å². The maximum atomic E-state index is 5.93. The van der Waals surface area contributed by atoms with Gasteiger partial charge in [-0.1, -0.05) is 0 Å². The molecule has 0 aromatic carbocycles. The summed E-state index contributed by atoms with van der Waals surface area (Å²) in [6.07, 6.45) is 3.90. The number of nitrogens with zero attached hydrogens (tertiary/aromatic N) is 4. The van der Waals surface area contributed by atoms with Gasteiger partial charge in [0.25, 0.3) is 0 Å². The highest BCUT2D eigenvalue weighted by molar-refractivity contribution is 14.0. The Labute approximate surface area is 171 Å². The van der Waals surface area contributed by atoms with Crippen LogP contribution in [-0.2, 0) is 18.3 Å². The molecule has 0 spiro atoms. The van der Waals surface area contributed by atoms with Gasteiger partial charge in [-0.15, -0.1) is 24.0 Å². The van der Waals surface area contributed by atoms with E-state index in [0.29, 0.717) is 13.2 Å². The summed E-state index contributed by atoms with van der Waals surface area (Å²) in [5, 5.41) is 7.64. The van der Waals surface area contributed by atoms with Gasteiger partial charge in [-0.05, 0) is 26.8 Å². The molecule has 3 rings (SSSR count). The zero-order chi connectivity index (χ0) is 17.8. The molecule has 1 atom stereocenters. The molecule has 1 aliphatic heterocycles. The predicted molar refractivity (Wildman–Crippen MR) is 112 cm³/mol. The molecule has 0 aliphatic carbocycles. The number of morpholine rings is 1. The first kappa shape index (κ1) is 20.8. The zero-order valence-electron chi connectivity index (χ0n) is 15.9. The molecule has 26 heavy (non-hydrogen) atoms. The Bertz CT molecular complexity index is 740. The van der Waals surface area contributed by atoms with E-state index in [1.807, 2.05) is 33.3 Å². The van der Waals surface area contributed by atoms with Crippen molar-refractivity contribution in [2.45, 2.75) is 33.4 Å². The van der Waals surface area contributed by atoms with Crippen molar-refractivity contribution in [3.8, 4) is 0 Å². The van der Waals surface area contributed by atoms with Crippen LogP contribution in [-0.4, -0.2) is 46.9 Å². The molecule has 3 heterocycles. The van der Waals surface area contributed by atoms with E-state index in [1.165, 1.54) is 0 Å². The number of hydrogen-bond donors (Lipinski definition) is 1. The van der Waals surface area contributed by atoms with Crippen molar-refractivity contribution in [3.05, 3.63) is 41.1 Å². The quantitative estimate of drug-likeness (QED) is 0.421. The Balaban J connectivity index is 0.00000243. The number of ether oxygens (including phenoxy) is 1. The van der Waals surface area contributed by atoms with Crippen molar-refractivity contribution in [1.29, 1.82) is 0 Å². The average Bonchev–Trinajstić information content (AvgIpc) is 3.17. The highest BCUT2D eigenvalue weighted by Crippen LogP contribution is 2.22. The van der Waals surface area contributed by atoms with Gasteiger partial charge in [0.15, 0.2) is 5.96 Å². The number of furan rings is 1. The Hall–Kier alpha value is -1.55. The van der Waals surface area contributed by atoms with E-state index in [1.54, 1.807) is 4.68 Å². The maximum absolute atomic E-state index is 5.93. The van der Waals surface area contributed by atoms with Crippen LogP contribution in [0.25, 0.3) is 0 Å². The third kappa shape index (κ3) is 5.00. The first-order chi connectivity index (χ1) is 12.1. The number of hydrogen-bond acceptors (Lipinski definition) is 4. The number of aromatic nitrogens is 2. The van der Waals surface area contributed by atoms with Gasteiger partial charge >= 0.3 is 0 Å². The summed E-state index contributed by atoms with van der Waals surface area (Å²) in [6, 6.07) is 2.06. The van der Waals surface area contributed by atoms with Crippen molar-refractivity contribution in [2.24, 2.45) is 12.0 Å². The minimum atomic E-state index is 0. The predicted octanol–water partition coefficient (Wildman–Crippen LogP) is 2.79. The first-order valence-electron chi connectivity index (χ1n) is 8.76. The molecule has 1 saturated heterocycles. The number of halogens is 1. The number of rotatable bonds is 4. The lowest BCUT2D eigenvalue weighted by Gasteiger charge is -2.34. The van der Waals surface area contributed by atoms with Gasteiger partial charge in [-0.3, -0.25) is 4.68 Å². The van der Waals surface area contributed by atoms with Crippen LogP contribution in [0, 0.1) is 13.8 Å². The summed E-state index contributed by atoms with van der Waals surface area (Å²) in [5.41, 5.74) is 2.23. The minimum Gasteiger partial charge on any atom is -0.466 e. The molecule has 1 unspecified atom stereocenters. The number of aryl methyl sites for hydroxylation is 3. The molecule has 2 aromatic rings. The molecular formula is C18H28IN5O2. The summed E-state index contributed by atoms with van der Waals surface area (Å²) in [4.78, 5) is 7.07. The van der Waals surface area contributed by atoms with Crippen molar-refractivity contribution in [3.63, 3.8) is 0 Å². The van der Waals surface area contributed by atoms with E-state index in [4.69, 9.17) is 14.1 Å². The lowest BCUT2D eigenvalue weighted by atomic mass is 10.1. The normalized spacial score (nSPS) is 17.9. The van der Waals surface area contributed by atoms with Crippen LogP contribution in [0.3, 0.4) is 0 Å². The molecule has 1 fully saturated rings. The fraction of sp³-hybridized carbons (Fsp3) is 0.556. The largest absolute Gasteiger partial charge is 0.466 e. The maximum Gasteiger partial charge on any atom is 0.194 e. The summed E-state index contributed by atoms with van der Waals surface area (Å²) in [7, 11) is 1.92. The zero-order valence-corrected chi connectivity index (χ0v) is 18.2. The molecule has 7 nitrogen and oxygen atoms in total. The van der Waals surface area contributed by atoms with E-state index in [-0.39, 0.29) is 30.1 Å². The van der Waals surface area contributed by atoms with E-state index >= 15 is 0 Å². The van der Waals surface area contributed by atoms with Crippen LogP contribution in [0.4, 0.5) is 0 Å². The summed E-state index contributed by atoms with van der Waals surface area (Å²) in [5.74, 6) is 2.78. The first-order valence-corrected chi connectivity index (χ1v) is 8.76. The lowest BCUT2D eigenvalue weighted by molar-refractivity contribution is -0.00805. The van der Waals surface area contributed by atoms with E-state index in [2.05, 4.69) is 28.3 Å². The number of guanidine groups is 1. The second kappa shape index (κ2) is 9.40. The van der Waals surface area contributed by atoms with Crippen molar-refractivity contribution in [1.82, 2.24) is 20.0 Å². The van der Waals surface area contributed by atoms with Crippen molar-refractivity contribution < 1.29 is 9.15 Å². The fourth-order valence-corrected chi connectivity index (χ4v) is 3.08. The Morgan fingerprint density at radius 3 is 2.85 bits per heavy atom. The molecular weight excluding hydrogens is 445 g/mol. The molecule has 1 N–H and O–H groups in total. The van der Waals surface area contributed by atoms with Gasteiger partial charge in [-0.25, -0.2) is 4.99 Å². The molecule has 144 valence electrons. The van der Waals surface area contributed by atoms with Crippen LogP contribution in [0.5, 0.6) is 0 Å². The molecule has 0 saturated carbocycles. The number of aliphatic imine (C=N–C) groups is 1. The van der Waals surface area contributed by atoms with Crippen LogP contribution in [0.2, 0.25) is 0 Å². The summed E-state index contributed by atoms with van der Waals surface area (Å²) >= 11 is 0. The van der Waals surface area contributed by atoms with Gasteiger partial charge in [0.05, 0.1) is 25.9 Å². The monoisotopic (exact) mass is 473 g/mol. The van der Waals surface area contributed by atoms with E-state index in [9.17, 15) is 0 Å². The van der Waals surface area contributed by atoms with Crippen LogP contribution in [0.15, 0.2) is 27.9 Å². The Morgan fingerprint density at radius 2 is 2.23 bits per heavy atom. The average molecular weight is 473 g/mol. The Kier molecular flexibility index (Phi) is 7.51. The van der Waals surface area contributed by atoms with Gasteiger partial charge in [0.2, 0.25) is 0 Å². The second-order valence-electron chi connectivity index (χ2n) is 6.36. The molecule has 1 aliphatic rings. The van der Waals surface area contributed by atoms with E-state index < -0.39 is 0 Å². The molecule has 0 amide bonds. The smallest absolute Gasteiger partial charge is 0.194 e. The standard InChI is InChI=1S/C18H27N5O2.HI/c1-5-19-18(20-9-15-8-13(2)25-14(15)3)23-6-7-24-17(12-23)16-10-21-22(4)11-16;/h8,10-11,17H,5-7,9,12H2,1-4H3,(H,19,20);1H. The van der Waals surface area contributed by atoms with Crippen LogP contribution in [0.1, 0.15) is 35.7 Å². The third-order valence-electron chi connectivity index (χ3n) is 4.34. The van der Waals surface area contributed by atoms with Gasteiger partial charge < -0.3 is 19.4 Å². The topological polar surface area (TPSA) is 67.8 Å². The van der Waals surface area contributed by atoms with Gasteiger partial charge in [-0.2, -0.15) is 5.10 Å². The molecule has 2 aromatic heterocycles. The highest BCUT2D eigenvalue weighted by Gasteiger charge is 2.25. The highest BCUT2D eigenvalue weighted by atomic mass is 127. The lowest BCUT2D eigenvalue weighted by Crippen LogP contribution is -2.48. The van der Waals surface area contributed by atoms with Crippen molar-refractivity contribution in [2.75, 3.05) is 26.2 Å².